The van der Waals surface area contributed by atoms with Crippen LogP contribution in [0.5, 0.6) is 0 Å². The van der Waals surface area contributed by atoms with Gasteiger partial charge in [-0.2, -0.15) is 26.3 Å². The molecule has 0 amide bonds. The van der Waals surface area contributed by atoms with Crippen molar-refractivity contribution in [2.75, 3.05) is 0 Å². The van der Waals surface area contributed by atoms with Crippen LogP contribution in [0.2, 0.25) is 0 Å². The van der Waals surface area contributed by atoms with Gasteiger partial charge in [-0.25, -0.2) is 22.0 Å². The Labute approximate surface area is 114 Å². The largest absolute Gasteiger partial charge is 0.358 e. The minimum atomic E-state index is -6.48. The van der Waals surface area contributed by atoms with Crippen LogP contribution in [0.15, 0.2) is 11.7 Å². The molecule has 0 aliphatic heterocycles. The van der Waals surface area contributed by atoms with Crippen LogP contribution in [0, 0.1) is 0 Å². The lowest BCUT2D eigenvalue weighted by atomic mass is 9.92. The van der Waals surface area contributed by atoms with E-state index in [0.29, 0.717) is 6.92 Å². The molecule has 1 fully saturated rings. The fraction of sp³-hybridized carbons (Fsp3) is 0.800. The number of hydrogen-bond acceptors (Lipinski definition) is 1. The molecule has 0 saturated heterocycles. The first-order chi connectivity index (χ1) is 9.58. The van der Waals surface area contributed by atoms with E-state index in [0.717, 1.165) is 0 Å². The minimum absolute atomic E-state index is 0.496. The maximum Gasteiger partial charge on any atom is 0.358 e. The number of ether oxygens (including phenoxy) is 1. The van der Waals surface area contributed by atoms with Gasteiger partial charge in [0.2, 0.25) is 0 Å². The first kappa shape index (κ1) is 17.3. The zero-order chi connectivity index (χ0) is 17.6. The summed E-state index contributed by atoms with van der Waals surface area (Å²) < 4.78 is 150. The molecular formula is C10H5F11O. The van der Waals surface area contributed by atoms with Gasteiger partial charge < -0.3 is 0 Å². The Morgan fingerprint density at radius 3 is 1.59 bits per heavy atom. The van der Waals surface area contributed by atoms with E-state index in [1.807, 2.05) is 0 Å². The quantitative estimate of drug-likeness (QED) is 0.680. The van der Waals surface area contributed by atoms with Gasteiger partial charge in [0.05, 0.1) is 0 Å². The summed E-state index contributed by atoms with van der Waals surface area (Å²) in [6.45, 7) is 0.496. The lowest BCUT2D eigenvalue weighted by molar-refractivity contribution is -0.410. The SMILES string of the molecule is CCC(F)(F)OC1(F)C(F)(F)C2(F)C(F)=C(F)C1(F)C2(F)F. The molecule has 0 heterocycles. The molecule has 2 aliphatic carbocycles. The summed E-state index contributed by atoms with van der Waals surface area (Å²) in [6, 6.07) is 0. The molecule has 1 saturated carbocycles. The standard InChI is InChI=1S/C10H5F11O/c1-2-5(13,14)22-10(21)7(16)4(12)3(11)6(15,8(7,17)18)9(10,19)20/h2H2,1H3. The van der Waals surface area contributed by atoms with Gasteiger partial charge in [-0.1, -0.05) is 6.92 Å². The normalized spacial score (nSPS) is 43.1. The summed E-state index contributed by atoms with van der Waals surface area (Å²) in [5, 5.41) is 0. The summed E-state index contributed by atoms with van der Waals surface area (Å²) in [4.78, 5) is 0. The molecule has 2 rings (SSSR count). The van der Waals surface area contributed by atoms with Crippen LogP contribution in [0.25, 0.3) is 0 Å². The van der Waals surface area contributed by atoms with Crippen molar-refractivity contribution in [3.63, 3.8) is 0 Å². The van der Waals surface area contributed by atoms with Gasteiger partial charge in [0.15, 0.2) is 11.7 Å². The van der Waals surface area contributed by atoms with E-state index in [4.69, 9.17) is 0 Å². The maximum atomic E-state index is 14.0. The van der Waals surface area contributed by atoms with Gasteiger partial charge in [0.1, 0.15) is 0 Å². The first-order valence-electron chi connectivity index (χ1n) is 5.55. The highest BCUT2D eigenvalue weighted by Gasteiger charge is 3.06. The second kappa shape index (κ2) is 3.88. The Hall–Kier alpha value is -1.07. The molecule has 2 aliphatic rings. The second-order valence-corrected chi connectivity index (χ2v) is 4.78. The first-order valence-corrected chi connectivity index (χ1v) is 5.55. The third-order valence-electron chi connectivity index (χ3n) is 3.64. The summed E-state index contributed by atoms with van der Waals surface area (Å²) in [6.07, 6.45) is -6.60. The number of fused-ring (bicyclic) bond motifs is 2. The van der Waals surface area contributed by atoms with Crippen molar-refractivity contribution >= 4 is 0 Å². The summed E-state index contributed by atoms with van der Waals surface area (Å²) in [7, 11) is 0. The van der Waals surface area contributed by atoms with Crippen molar-refractivity contribution in [1.29, 1.82) is 0 Å². The predicted octanol–water partition coefficient (Wildman–Crippen LogP) is 4.54. The van der Waals surface area contributed by atoms with E-state index in [1.54, 1.807) is 0 Å². The van der Waals surface area contributed by atoms with Crippen LogP contribution in [0.1, 0.15) is 13.3 Å². The number of allylic oxidation sites excluding steroid dienone is 1. The van der Waals surface area contributed by atoms with E-state index in [-0.39, 0.29) is 0 Å². The van der Waals surface area contributed by atoms with Crippen LogP contribution in [0.3, 0.4) is 0 Å². The van der Waals surface area contributed by atoms with Gasteiger partial charge in [-0.3, -0.25) is 4.74 Å². The third-order valence-corrected chi connectivity index (χ3v) is 3.64. The molecule has 22 heavy (non-hydrogen) atoms. The molecule has 0 aromatic carbocycles. The highest BCUT2D eigenvalue weighted by Crippen LogP contribution is 2.77. The number of halogens is 11. The van der Waals surface area contributed by atoms with Crippen molar-refractivity contribution in [3.05, 3.63) is 11.7 Å². The Balaban J connectivity index is 2.79. The van der Waals surface area contributed by atoms with Gasteiger partial charge in [-0.15, -0.1) is 0 Å². The van der Waals surface area contributed by atoms with Crippen LogP contribution in [-0.4, -0.2) is 35.1 Å². The van der Waals surface area contributed by atoms with Crippen molar-refractivity contribution in [1.82, 2.24) is 0 Å². The topological polar surface area (TPSA) is 9.23 Å². The molecule has 2 bridgehead atoms. The van der Waals surface area contributed by atoms with Crippen LogP contribution < -0.4 is 0 Å². The molecule has 3 unspecified atom stereocenters. The third kappa shape index (κ3) is 1.28. The average Bonchev–Trinajstić information content (AvgIpc) is 2.54. The lowest BCUT2D eigenvalue weighted by Gasteiger charge is -2.39. The zero-order valence-corrected chi connectivity index (χ0v) is 10.3. The smallest absolute Gasteiger partial charge is 0.274 e. The van der Waals surface area contributed by atoms with Gasteiger partial charge in [0, 0.05) is 6.42 Å². The molecule has 0 spiro atoms. The average molecular weight is 350 g/mol. The van der Waals surface area contributed by atoms with E-state index in [2.05, 4.69) is 4.74 Å². The van der Waals surface area contributed by atoms with E-state index < -0.39 is 53.2 Å². The lowest BCUT2D eigenvalue weighted by Crippen LogP contribution is -2.63. The van der Waals surface area contributed by atoms with Crippen molar-refractivity contribution in [3.8, 4) is 0 Å². The van der Waals surface area contributed by atoms with Gasteiger partial charge >= 0.3 is 23.8 Å². The van der Waals surface area contributed by atoms with E-state index >= 15 is 0 Å². The monoisotopic (exact) mass is 350 g/mol. The Morgan fingerprint density at radius 1 is 0.818 bits per heavy atom. The molecule has 3 atom stereocenters. The summed E-state index contributed by atoms with van der Waals surface area (Å²) >= 11 is 0. The molecule has 0 radical (unpaired) electrons. The second-order valence-electron chi connectivity index (χ2n) is 4.78. The molecule has 128 valence electrons. The predicted molar refractivity (Wildman–Crippen MR) is 47.0 cm³/mol. The molecule has 0 aromatic heterocycles. The van der Waals surface area contributed by atoms with Crippen LogP contribution >= 0.6 is 0 Å². The van der Waals surface area contributed by atoms with Crippen molar-refractivity contribution in [2.45, 2.75) is 48.5 Å². The fourth-order valence-electron chi connectivity index (χ4n) is 2.34. The number of rotatable bonds is 3. The summed E-state index contributed by atoms with van der Waals surface area (Å²) in [5.41, 5.74) is -12.2. The number of hydrogen-bond donors (Lipinski definition) is 0. The van der Waals surface area contributed by atoms with E-state index in [1.165, 1.54) is 0 Å². The Kier molecular flexibility index (Phi) is 3.04. The molecule has 12 heteroatoms. The molecule has 0 aromatic rings. The molecule has 1 nitrogen and oxygen atoms in total. The van der Waals surface area contributed by atoms with E-state index in [9.17, 15) is 48.3 Å². The summed E-state index contributed by atoms with van der Waals surface area (Å²) in [5.74, 6) is -26.2. The highest BCUT2D eigenvalue weighted by molar-refractivity contribution is 5.52. The highest BCUT2D eigenvalue weighted by atomic mass is 19.3. The number of alkyl halides is 9. The van der Waals surface area contributed by atoms with Crippen molar-refractivity contribution < 1.29 is 53.0 Å². The minimum Gasteiger partial charge on any atom is -0.274 e. The molecule has 0 N–H and O–H groups in total. The van der Waals surface area contributed by atoms with Crippen LogP contribution in [0.4, 0.5) is 48.3 Å². The Bertz CT molecular complexity index is 557. The molecular weight excluding hydrogens is 345 g/mol. The van der Waals surface area contributed by atoms with Gasteiger partial charge in [-0.05, 0) is 0 Å². The maximum absolute atomic E-state index is 14.0. The fourth-order valence-corrected chi connectivity index (χ4v) is 2.34. The zero-order valence-electron chi connectivity index (χ0n) is 10.3. The van der Waals surface area contributed by atoms with Gasteiger partial charge in [0.25, 0.3) is 11.3 Å². The van der Waals surface area contributed by atoms with Crippen LogP contribution in [-0.2, 0) is 4.74 Å². The Morgan fingerprint density at radius 2 is 1.23 bits per heavy atom. The van der Waals surface area contributed by atoms with Crippen molar-refractivity contribution in [2.24, 2.45) is 0 Å².